The topological polar surface area (TPSA) is 26.3 Å². The summed E-state index contributed by atoms with van der Waals surface area (Å²) in [6, 6.07) is 0. The van der Waals surface area contributed by atoms with Crippen molar-refractivity contribution in [2.24, 2.45) is 29.1 Å². The van der Waals surface area contributed by atoms with Crippen molar-refractivity contribution >= 4 is 5.97 Å². The molecule has 0 aliphatic heterocycles. The monoisotopic (exact) mass is 264 g/mol. The van der Waals surface area contributed by atoms with E-state index >= 15 is 0 Å². The van der Waals surface area contributed by atoms with Crippen LogP contribution >= 0.6 is 0 Å². The Morgan fingerprint density at radius 1 is 1.26 bits per heavy atom. The van der Waals surface area contributed by atoms with Gasteiger partial charge in [0, 0.05) is 5.92 Å². The smallest absolute Gasteiger partial charge is 0.312 e. The van der Waals surface area contributed by atoms with Gasteiger partial charge < -0.3 is 4.74 Å². The average molecular weight is 264 g/mol. The molecule has 5 unspecified atom stereocenters. The Morgan fingerprint density at radius 2 is 1.95 bits per heavy atom. The zero-order valence-corrected chi connectivity index (χ0v) is 12.9. The van der Waals surface area contributed by atoms with E-state index in [1.807, 2.05) is 13.8 Å². The van der Waals surface area contributed by atoms with Gasteiger partial charge in [-0.05, 0) is 70.1 Å². The third kappa shape index (κ3) is 1.78. The molecule has 0 heterocycles. The maximum absolute atomic E-state index is 12.5. The van der Waals surface area contributed by atoms with Crippen molar-refractivity contribution in [1.82, 2.24) is 0 Å². The molecule has 3 rings (SSSR count). The van der Waals surface area contributed by atoms with Crippen molar-refractivity contribution in [2.75, 3.05) is 0 Å². The van der Waals surface area contributed by atoms with Crippen LogP contribution in [-0.4, -0.2) is 11.6 Å². The summed E-state index contributed by atoms with van der Waals surface area (Å²) >= 11 is 0. The summed E-state index contributed by atoms with van der Waals surface area (Å²) in [5, 5.41) is 0. The molecule has 2 bridgehead atoms. The molecule has 19 heavy (non-hydrogen) atoms. The van der Waals surface area contributed by atoms with Crippen LogP contribution in [0.25, 0.3) is 0 Å². The van der Waals surface area contributed by atoms with Gasteiger partial charge >= 0.3 is 5.97 Å². The predicted octanol–water partition coefficient (Wildman–Crippen LogP) is 4.18. The Hall–Kier alpha value is -0.530. The maximum atomic E-state index is 12.5. The van der Waals surface area contributed by atoms with Gasteiger partial charge in [-0.25, -0.2) is 0 Å². The second-order valence-corrected chi connectivity index (χ2v) is 7.76. The lowest BCUT2D eigenvalue weighted by atomic mass is 9.60. The quantitative estimate of drug-likeness (QED) is 0.712. The molecule has 0 amide bonds. The van der Waals surface area contributed by atoms with Crippen LogP contribution in [0.5, 0.6) is 0 Å². The lowest BCUT2D eigenvalue weighted by Gasteiger charge is -2.49. The zero-order valence-electron chi connectivity index (χ0n) is 12.9. The number of rotatable bonds is 4. The molecule has 0 saturated heterocycles. The molecule has 3 fully saturated rings. The van der Waals surface area contributed by atoms with Gasteiger partial charge in [-0.15, -0.1) is 0 Å². The van der Waals surface area contributed by atoms with Gasteiger partial charge in [-0.2, -0.15) is 0 Å². The van der Waals surface area contributed by atoms with E-state index in [1.165, 1.54) is 19.3 Å². The lowest BCUT2D eigenvalue weighted by molar-refractivity contribution is -0.185. The third-order valence-corrected chi connectivity index (χ3v) is 6.68. The van der Waals surface area contributed by atoms with Crippen LogP contribution in [0, 0.1) is 29.1 Å². The van der Waals surface area contributed by atoms with Gasteiger partial charge in [0.2, 0.25) is 0 Å². The molecule has 3 aliphatic carbocycles. The lowest BCUT2D eigenvalue weighted by Crippen LogP contribution is -2.50. The van der Waals surface area contributed by atoms with Gasteiger partial charge in [-0.1, -0.05) is 13.8 Å². The molecule has 108 valence electrons. The van der Waals surface area contributed by atoms with Gasteiger partial charge in [0.05, 0.1) is 5.41 Å². The van der Waals surface area contributed by atoms with Crippen molar-refractivity contribution in [1.29, 1.82) is 0 Å². The fourth-order valence-corrected chi connectivity index (χ4v) is 4.81. The molecule has 0 radical (unpaired) electrons. The fraction of sp³-hybridized carbons (Fsp3) is 0.941. The molecular formula is C17H28O2. The number of hydrogen-bond donors (Lipinski definition) is 0. The molecule has 0 aromatic rings. The van der Waals surface area contributed by atoms with Crippen LogP contribution in [0.15, 0.2) is 0 Å². The highest BCUT2D eigenvalue weighted by molar-refractivity contribution is 5.76. The Labute approximate surface area is 117 Å². The maximum Gasteiger partial charge on any atom is 0.312 e. The van der Waals surface area contributed by atoms with Gasteiger partial charge in [0.1, 0.15) is 5.60 Å². The van der Waals surface area contributed by atoms with Crippen LogP contribution in [0.1, 0.15) is 66.2 Å². The van der Waals surface area contributed by atoms with E-state index in [0.717, 1.165) is 37.0 Å². The van der Waals surface area contributed by atoms with E-state index in [2.05, 4.69) is 13.8 Å². The molecule has 2 nitrogen and oxygen atoms in total. The number of carbonyl (C=O) groups is 1. The highest BCUT2D eigenvalue weighted by Crippen LogP contribution is 2.66. The van der Waals surface area contributed by atoms with Crippen molar-refractivity contribution in [3.05, 3.63) is 0 Å². The van der Waals surface area contributed by atoms with Gasteiger partial charge in [-0.3, -0.25) is 4.79 Å². The summed E-state index contributed by atoms with van der Waals surface area (Å²) in [5.74, 6) is 3.39. The number of carbonyl (C=O) groups excluding carboxylic acids is 1. The standard InChI is InChI=1S/C17H28O2/c1-5-16(3,4)15(18)19-17(6-2)10-11-9-14(17)13-8-7-12(11)13/h11-14H,5-10H2,1-4H3. The first kappa shape index (κ1) is 13.5. The number of hydrogen-bond acceptors (Lipinski definition) is 2. The van der Waals surface area contributed by atoms with Gasteiger partial charge in [0.25, 0.3) is 0 Å². The summed E-state index contributed by atoms with van der Waals surface area (Å²) in [5.41, 5.74) is -0.446. The average Bonchev–Trinajstić information content (AvgIpc) is 2.78. The van der Waals surface area contributed by atoms with Crippen molar-refractivity contribution in [2.45, 2.75) is 71.8 Å². The van der Waals surface area contributed by atoms with Crippen LogP contribution in [0.3, 0.4) is 0 Å². The molecule has 0 spiro atoms. The highest BCUT2D eigenvalue weighted by Gasteiger charge is 2.64. The summed E-state index contributed by atoms with van der Waals surface area (Å²) in [4.78, 5) is 12.5. The van der Waals surface area contributed by atoms with Crippen LogP contribution < -0.4 is 0 Å². The second-order valence-electron chi connectivity index (χ2n) is 7.76. The van der Waals surface area contributed by atoms with Crippen LogP contribution in [-0.2, 0) is 9.53 Å². The van der Waals surface area contributed by atoms with E-state index < -0.39 is 0 Å². The highest BCUT2D eigenvalue weighted by atomic mass is 16.6. The molecule has 3 saturated carbocycles. The molecular weight excluding hydrogens is 236 g/mol. The molecule has 3 aliphatic rings. The minimum absolute atomic E-state index is 0.0280. The fourth-order valence-electron chi connectivity index (χ4n) is 4.81. The molecule has 0 aromatic heterocycles. The van der Waals surface area contributed by atoms with Crippen molar-refractivity contribution in [3.63, 3.8) is 0 Å². The predicted molar refractivity (Wildman–Crippen MR) is 75.6 cm³/mol. The van der Waals surface area contributed by atoms with Crippen LogP contribution in [0.2, 0.25) is 0 Å². The third-order valence-electron chi connectivity index (χ3n) is 6.68. The number of ether oxygens (including phenoxy) is 1. The van der Waals surface area contributed by atoms with Crippen LogP contribution in [0.4, 0.5) is 0 Å². The van der Waals surface area contributed by atoms with E-state index in [-0.39, 0.29) is 17.0 Å². The van der Waals surface area contributed by atoms with Crippen molar-refractivity contribution < 1.29 is 9.53 Å². The molecule has 5 atom stereocenters. The van der Waals surface area contributed by atoms with Gasteiger partial charge in [0.15, 0.2) is 0 Å². The number of fused-ring (bicyclic) bond motifs is 5. The molecule has 0 aromatic carbocycles. The number of esters is 1. The molecule has 2 heteroatoms. The Balaban J connectivity index is 1.77. The van der Waals surface area contributed by atoms with E-state index in [0.29, 0.717) is 5.92 Å². The first-order valence-electron chi connectivity index (χ1n) is 8.17. The first-order chi connectivity index (χ1) is 8.93. The Kier molecular flexibility index (Phi) is 3.00. The van der Waals surface area contributed by atoms with E-state index in [9.17, 15) is 4.79 Å². The Morgan fingerprint density at radius 3 is 2.42 bits per heavy atom. The second kappa shape index (κ2) is 4.23. The summed E-state index contributed by atoms with van der Waals surface area (Å²) < 4.78 is 6.15. The summed E-state index contributed by atoms with van der Waals surface area (Å²) in [6.45, 7) is 8.30. The minimum Gasteiger partial charge on any atom is -0.458 e. The minimum atomic E-state index is -0.330. The molecule has 0 N–H and O–H groups in total. The Bertz CT molecular complexity index is 385. The summed E-state index contributed by atoms with van der Waals surface area (Å²) in [6.07, 6.45) is 7.13. The largest absolute Gasteiger partial charge is 0.458 e. The summed E-state index contributed by atoms with van der Waals surface area (Å²) in [7, 11) is 0. The van der Waals surface area contributed by atoms with Crippen molar-refractivity contribution in [3.8, 4) is 0 Å². The van der Waals surface area contributed by atoms with E-state index in [4.69, 9.17) is 4.74 Å². The van der Waals surface area contributed by atoms with E-state index in [1.54, 1.807) is 0 Å². The zero-order chi connectivity index (χ0) is 13.8. The first-order valence-corrected chi connectivity index (χ1v) is 8.17. The SMILES string of the molecule is CCC(C)(C)C(=O)OC1(CC)CC2CC1C1CCC21. The normalized spacial score (nSPS) is 43.8.